The van der Waals surface area contributed by atoms with Crippen LogP contribution in [0, 0.1) is 0 Å². The summed E-state index contributed by atoms with van der Waals surface area (Å²) in [7, 11) is 1.85. The molecule has 0 radical (unpaired) electrons. The second kappa shape index (κ2) is 4.53. The summed E-state index contributed by atoms with van der Waals surface area (Å²) < 4.78 is 1.72. The van der Waals surface area contributed by atoms with Crippen LogP contribution in [0.5, 0.6) is 0 Å². The number of aryl methyl sites for hydroxylation is 1. The number of hydrogen-bond acceptors (Lipinski definition) is 5. The third kappa shape index (κ3) is 2.43. The molecular formula is C12H19N5O. The van der Waals surface area contributed by atoms with Crippen molar-refractivity contribution in [2.75, 3.05) is 18.0 Å². The average Bonchev–Trinajstić information content (AvgIpc) is 2.67. The fourth-order valence-electron chi connectivity index (χ4n) is 2.01. The molecule has 0 saturated heterocycles. The van der Waals surface area contributed by atoms with Crippen LogP contribution >= 0.6 is 0 Å². The Morgan fingerprint density at radius 3 is 2.72 bits per heavy atom. The quantitative estimate of drug-likeness (QED) is 0.874. The zero-order valence-corrected chi connectivity index (χ0v) is 11.3. The molecule has 1 N–H and O–H groups in total. The highest BCUT2D eigenvalue weighted by Gasteiger charge is 2.20. The van der Waals surface area contributed by atoms with E-state index in [0.29, 0.717) is 6.54 Å². The van der Waals surface area contributed by atoms with Gasteiger partial charge in [0, 0.05) is 20.1 Å². The Hall–Kier alpha value is -1.69. The molecule has 0 fully saturated rings. The predicted octanol–water partition coefficient (Wildman–Crippen LogP) is 0.961. The first-order chi connectivity index (χ1) is 8.42. The summed E-state index contributed by atoms with van der Waals surface area (Å²) in [5.41, 5.74) is 0.0318. The Morgan fingerprint density at radius 2 is 2.11 bits per heavy atom. The number of fused-ring (bicyclic) bond motifs is 1. The molecule has 0 saturated carbocycles. The van der Waals surface area contributed by atoms with E-state index in [1.54, 1.807) is 24.7 Å². The normalized spacial score (nSPS) is 12.1. The van der Waals surface area contributed by atoms with Crippen LogP contribution in [0.25, 0.3) is 11.0 Å². The molecule has 18 heavy (non-hydrogen) atoms. The van der Waals surface area contributed by atoms with Crippen molar-refractivity contribution in [1.29, 1.82) is 0 Å². The maximum atomic E-state index is 9.95. The summed E-state index contributed by atoms with van der Waals surface area (Å²) in [6.07, 6.45) is 3.30. The van der Waals surface area contributed by atoms with Gasteiger partial charge in [0.25, 0.3) is 0 Å². The Bertz CT molecular complexity index is 543. The van der Waals surface area contributed by atoms with Gasteiger partial charge < -0.3 is 10.0 Å². The molecule has 0 spiro atoms. The molecule has 0 amide bonds. The summed E-state index contributed by atoms with van der Waals surface area (Å²) in [5.74, 6) is 0.817. The summed E-state index contributed by atoms with van der Waals surface area (Å²) in [6, 6.07) is 0. The van der Waals surface area contributed by atoms with Crippen molar-refractivity contribution >= 4 is 16.9 Å². The van der Waals surface area contributed by atoms with Crippen molar-refractivity contribution in [1.82, 2.24) is 19.7 Å². The molecule has 0 aliphatic rings. The molecular weight excluding hydrogens is 230 g/mol. The zero-order valence-electron chi connectivity index (χ0n) is 11.3. The van der Waals surface area contributed by atoms with Gasteiger partial charge >= 0.3 is 0 Å². The van der Waals surface area contributed by atoms with Gasteiger partial charge in [-0.2, -0.15) is 5.10 Å². The molecule has 0 aromatic carbocycles. The molecule has 0 bridgehead atoms. The van der Waals surface area contributed by atoms with E-state index >= 15 is 0 Å². The van der Waals surface area contributed by atoms with Gasteiger partial charge in [0.2, 0.25) is 0 Å². The lowest BCUT2D eigenvalue weighted by molar-refractivity contribution is 0.0875. The van der Waals surface area contributed by atoms with Gasteiger partial charge in [-0.25, -0.2) is 9.97 Å². The average molecular weight is 249 g/mol. The van der Waals surface area contributed by atoms with Crippen molar-refractivity contribution in [3.05, 3.63) is 12.5 Å². The molecule has 2 heterocycles. The van der Waals surface area contributed by atoms with E-state index < -0.39 is 5.60 Å². The largest absolute Gasteiger partial charge is 0.389 e. The van der Waals surface area contributed by atoms with Gasteiger partial charge in [-0.1, -0.05) is 0 Å². The highest BCUT2D eigenvalue weighted by molar-refractivity contribution is 5.86. The van der Waals surface area contributed by atoms with Gasteiger partial charge in [0.05, 0.1) is 17.2 Å². The van der Waals surface area contributed by atoms with E-state index in [2.05, 4.69) is 15.1 Å². The molecule has 0 aliphatic heterocycles. The summed E-state index contributed by atoms with van der Waals surface area (Å²) in [4.78, 5) is 10.6. The van der Waals surface area contributed by atoms with E-state index in [1.165, 1.54) is 6.33 Å². The fraction of sp³-hybridized carbons (Fsp3) is 0.583. The van der Waals surface area contributed by atoms with E-state index in [4.69, 9.17) is 0 Å². The van der Waals surface area contributed by atoms with Gasteiger partial charge in [0.1, 0.15) is 12.1 Å². The molecule has 2 aromatic heterocycles. The standard InChI is InChI=1S/C12H19N5O/c1-5-17(7-12(2,3)18)11-9-6-15-16(4)10(9)13-8-14-11/h6,8,18H,5,7H2,1-4H3. The number of rotatable bonds is 4. The molecule has 0 atom stereocenters. The number of aliphatic hydroxyl groups is 1. The summed E-state index contributed by atoms with van der Waals surface area (Å²) in [5, 5.41) is 15.1. The molecule has 2 rings (SSSR count). The van der Waals surface area contributed by atoms with E-state index in [1.807, 2.05) is 18.9 Å². The van der Waals surface area contributed by atoms with E-state index in [0.717, 1.165) is 23.4 Å². The van der Waals surface area contributed by atoms with Crippen LogP contribution in [0.15, 0.2) is 12.5 Å². The third-order valence-electron chi connectivity index (χ3n) is 2.77. The SMILES string of the molecule is CCN(CC(C)(C)O)c1ncnc2c1cnn2C. The van der Waals surface area contributed by atoms with Crippen LogP contribution in [-0.4, -0.2) is 43.5 Å². The van der Waals surface area contributed by atoms with E-state index in [-0.39, 0.29) is 0 Å². The Kier molecular flexibility index (Phi) is 3.21. The predicted molar refractivity (Wildman–Crippen MR) is 70.5 cm³/mol. The summed E-state index contributed by atoms with van der Waals surface area (Å²) in [6.45, 7) is 6.90. The van der Waals surface area contributed by atoms with Crippen LogP contribution in [0.2, 0.25) is 0 Å². The Balaban J connectivity index is 2.45. The number of aromatic nitrogens is 4. The minimum atomic E-state index is -0.768. The van der Waals surface area contributed by atoms with Crippen LogP contribution in [0.3, 0.4) is 0 Å². The van der Waals surface area contributed by atoms with Crippen LogP contribution < -0.4 is 4.90 Å². The molecule has 2 aromatic rings. The fourth-order valence-corrected chi connectivity index (χ4v) is 2.01. The van der Waals surface area contributed by atoms with Crippen molar-refractivity contribution in [2.45, 2.75) is 26.4 Å². The smallest absolute Gasteiger partial charge is 0.163 e. The molecule has 6 nitrogen and oxygen atoms in total. The highest BCUT2D eigenvalue weighted by Crippen LogP contribution is 2.23. The van der Waals surface area contributed by atoms with Crippen LogP contribution in [0.1, 0.15) is 20.8 Å². The van der Waals surface area contributed by atoms with E-state index in [9.17, 15) is 5.11 Å². The van der Waals surface area contributed by atoms with Gasteiger partial charge in [-0.3, -0.25) is 4.68 Å². The number of likely N-dealkylation sites (N-methyl/N-ethyl adjacent to an activating group) is 1. The monoisotopic (exact) mass is 249 g/mol. The lowest BCUT2D eigenvalue weighted by Crippen LogP contribution is -2.39. The number of hydrogen-bond donors (Lipinski definition) is 1. The molecule has 98 valence electrons. The van der Waals surface area contributed by atoms with Crippen LogP contribution in [-0.2, 0) is 7.05 Å². The third-order valence-corrected chi connectivity index (χ3v) is 2.77. The first-order valence-corrected chi connectivity index (χ1v) is 6.02. The van der Waals surface area contributed by atoms with Crippen molar-refractivity contribution in [3.8, 4) is 0 Å². The Labute approximate surface area is 106 Å². The first-order valence-electron chi connectivity index (χ1n) is 6.02. The Morgan fingerprint density at radius 1 is 1.39 bits per heavy atom. The minimum absolute atomic E-state index is 0.518. The number of anilines is 1. The molecule has 0 unspecified atom stereocenters. The minimum Gasteiger partial charge on any atom is -0.389 e. The van der Waals surface area contributed by atoms with Gasteiger partial charge in [-0.05, 0) is 20.8 Å². The zero-order chi connectivity index (χ0) is 13.3. The number of nitrogens with zero attached hydrogens (tertiary/aromatic N) is 5. The topological polar surface area (TPSA) is 67.1 Å². The second-order valence-corrected chi connectivity index (χ2v) is 5.03. The summed E-state index contributed by atoms with van der Waals surface area (Å²) >= 11 is 0. The first kappa shape index (κ1) is 12.8. The van der Waals surface area contributed by atoms with Crippen molar-refractivity contribution in [2.24, 2.45) is 7.05 Å². The maximum absolute atomic E-state index is 9.95. The molecule has 0 aliphatic carbocycles. The highest BCUT2D eigenvalue weighted by atomic mass is 16.3. The second-order valence-electron chi connectivity index (χ2n) is 5.03. The van der Waals surface area contributed by atoms with Gasteiger partial charge in [0.15, 0.2) is 5.65 Å². The maximum Gasteiger partial charge on any atom is 0.163 e. The lowest BCUT2D eigenvalue weighted by Gasteiger charge is -2.29. The van der Waals surface area contributed by atoms with Crippen molar-refractivity contribution in [3.63, 3.8) is 0 Å². The lowest BCUT2D eigenvalue weighted by atomic mass is 10.1. The van der Waals surface area contributed by atoms with Gasteiger partial charge in [-0.15, -0.1) is 0 Å². The molecule has 6 heteroatoms. The van der Waals surface area contributed by atoms with Crippen molar-refractivity contribution < 1.29 is 5.11 Å². The van der Waals surface area contributed by atoms with Crippen LogP contribution in [0.4, 0.5) is 5.82 Å².